The van der Waals surface area contributed by atoms with Gasteiger partial charge in [0, 0.05) is 31.0 Å². The van der Waals surface area contributed by atoms with E-state index in [9.17, 15) is 0 Å². The number of nitrogens with zero attached hydrogens (tertiary/aromatic N) is 3. The Kier molecular flexibility index (Phi) is 6.60. The van der Waals surface area contributed by atoms with Crippen LogP contribution in [-0.4, -0.2) is 54.0 Å². The third-order valence-corrected chi connectivity index (χ3v) is 4.79. The third-order valence-electron chi connectivity index (χ3n) is 4.79. The number of ether oxygens (including phenoxy) is 2. The maximum absolute atomic E-state index is 8.36. The van der Waals surface area contributed by atoms with Crippen LogP contribution in [0.25, 0.3) is 10.9 Å². The van der Waals surface area contributed by atoms with E-state index >= 15 is 0 Å². The normalized spacial score (nSPS) is 18.1. The minimum absolute atomic E-state index is 0.250. The highest BCUT2D eigenvalue weighted by Gasteiger charge is 2.19. The fourth-order valence-corrected chi connectivity index (χ4v) is 3.50. The Morgan fingerprint density at radius 2 is 1.92 bits per heavy atom. The lowest BCUT2D eigenvalue weighted by Gasteiger charge is -2.30. The molecule has 2 aromatic rings. The predicted molar refractivity (Wildman–Crippen MR) is 98.8 cm³/mol. The van der Waals surface area contributed by atoms with Gasteiger partial charge in [-0.05, 0) is 31.7 Å². The Bertz CT molecular complexity index is 713. The van der Waals surface area contributed by atoms with Gasteiger partial charge in [0.1, 0.15) is 12.1 Å². The summed E-state index contributed by atoms with van der Waals surface area (Å²) in [5.41, 5.74) is 2.13. The van der Waals surface area contributed by atoms with Crippen LogP contribution in [0.1, 0.15) is 32.1 Å². The molecule has 1 saturated heterocycles. The molecule has 4 rings (SSSR count). The summed E-state index contributed by atoms with van der Waals surface area (Å²) in [6, 6.07) is 4.29. The first-order chi connectivity index (χ1) is 12.8. The average molecular weight is 359 g/mol. The average Bonchev–Trinajstić information content (AvgIpc) is 2.70. The van der Waals surface area contributed by atoms with Crippen LogP contribution >= 0.6 is 0 Å². The molecule has 0 radical (unpaired) electrons. The summed E-state index contributed by atoms with van der Waals surface area (Å²) < 4.78 is 11.8. The van der Waals surface area contributed by atoms with Crippen LogP contribution in [0.15, 0.2) is 24.7 Å². The Labute approximate surface area is 153 Å². The Morgan fingerprint density at radius 1 is 1.19 bits per heavy atom. The van der Waals surface area contributed by atoms with Crippen LogP contribution in [0.3, 0.4) is 0 Å². The van der Waals surface area contributed by atoms with E-state index in [0.717, 1.165) is 55.8 Å². The summed E-state index contributed by atoms with van der Waals surface area (Å²) in [5.74, 6) is 0.927. The van der Waals surface area contributed by atoms with Crippen molar-refractivity contribution in [3.8, 4) is 5.75 Å². The zero-order chi connectivity index (χ0) is 18.2. The molecule has 0 spiro atoms. The second kappa shape index (κ2) is 9.33. The summed E-state index contributed by atoms with van der Waals surface area (Å²) in [6.45, 7) is 3.14. The van der Waals surface area contributed by atoms with Crippen molar-refractivity contribution in [3.63, 3.8) is 0 Å². The summed E-state index contributed by atoms with van der Waals surface area (Å²) >= 11 is 0. The lowest BCUT2D eigenvalue weighted by atomic mass is 9.98. The van der Waals surface area contributed by atoms with Gasteiger partial charge in [0.05, 0.1) is 30.2 Å². The van der Waals surface area contributed by atoms with E-state index in [1.54, 1.807) is 6.33 Å². The van der Waals surface area contributed by atoms with E-state index in [1.165, 1.54) is 24.9 Å². The zero-order valence-electron chi connectivity index (χ0n) is 14.8. The fourth-order valence-electron chi connectivity index (χ4n) is 3.50. The first-order valence-electron chi connectivity index (χ1n) is 9.13. The minimum atomic E-state index is -0.250. The second-order valence-electron chi connectivity index (χ2n) is 6.48. The topological polar surface area (TPSA) is 84.8 Å². The minimum Gasteiger partial charge on any atom is -0.490 e. The first-order valence-corrected chi connectivity index (χ1v) is 9.13. The maximum Gasteiger partial charge on any atom is 0.290 e. The Balaban J connectivity index is 0.000000613. The van der Waals surface area contributed by atoms with Gasteiger partial charge in [-0.15, -0.1) is 0 Å². The number of morpholine rings is 1. The van der Waals surface area contributed by atoms with Crippen LogP contribution in [-0.2, 0) is 9.53 Å². The smallest absolute Gasteiger partial charge is 0.290 e. The van der Waals surface area contributed by atoms with Crippen molar-refractivity contribution < 1.29 is 19.4 Å². The van der Waals surface area contributed by atoms with Gasteiger partial charge in [-0.1, -0.05) is 6.42 Å². The van der Waals surface area contributed by atoms with E-state index < -0.39 is 0 Å². The molecule has 1 aromatic heterocycles. The molecular formula is C19H25N3O4. The van der Waals surface area contributed by atoms with Gasteiger partial charge in [0.2, 0.25) is 0 Å². The molecule has 2 heterocycles. The van der Waals surface area contributed by atoms with E-state index in [-0.39, 0.29) is 6.47 Å². The van der Waals surface area contributed by atoms with Gasteiger partial charge in [-0.3, -0.25) is 4.79 Å². The van der Waals surface area contributed by atoms with Crippen molar-refractivity contribution in [1.82, 2.24) is 9.97 Å². The number of aromatic nitrogens is 2. The number of hydrogen-bond acceptors (Lipinski definition) is 6. The molecule has 1 N–H and O–H groups in total. The van der Waals surface area contributed by atoms with Crippen LogP contribution in [0.5, 0.6) is 5.75 Å². The molecule has 7 nitrogen and oxygen atoms in total. The van der Waals surface area contributed by atoms with Crippen molar-refractivity contribution >= 4 is 23.1 Å². The molecular weight excluding hydrogens is 334 g/mol. The summed E-state index contributed by atoms with van der Waals surface area (Å²) in [5, 5.41) is 7.90. The van der Waals surface area contributed by atoms with Gasteiger partial charge in [0.15, 0.2) is 0 Å². The number of rotatable bonds is 3. The predicted octanol–water partition coefficient (Wildman–Crippen LogP) is 2.88. The molecule has 26 heavy (non-hydrogen) atoms. The van der Waals surface area contributed by atoms with Crippen molar-refractivity contribution in [2.24, 2.45) is 0 Å². The maximum atomic E-state index is 8.36. The standard InChI is InChI=1S/C18H23N3O2.CH2O2/c1-2-4-15(5-3-1)23-18-11-14(21-6-8-22-9-7-21)10-17-16(18)12-19-13-20-17;2-1-3/h10-13,15H,1-9H2;1H,(H,2,3). The summed E-state index contributed by atoms with van der Waals surface area (Å²) in [6.07, 6.45) is 9.96. The number of benzene rings is 1. The monoisotopic (exact) mass is 359 g/mol. The summed E-state index contributed by atoms with van der Waals surface area (Å²) in [4.78, 5) is 19.3. The molecule has 1 aliphatic heterocycles. The molecule has 140 valence electrons. The van der Waals surface area contributed by atoms with E-state index in [2.05, 4.69) is 27.0 Å². The molecule has 0 amide bonds. The number of hydrogen-bond donors (Lipinski definition) is 1. The van der Waals surface area contributed by atoms with Gasteiger partial charge >= 0.3 is 0 Å². The van der Waals surface area contributed by atoms with Crippen LogP contribution in [0.4, 0.5) is 5.69 Å². The Morgan fingerprint density at radius 3 is 2.65 bits per heavy atom. The highest BCUT2D eigenvalue weighted by Crippen LogP contribution is 2.33. The molecule has 1 aromatic carbocycles. The summed E-state index contributed by atoms with van der Waals surface area (Å²) in [7, 11) is 0. The van der Waals surface area contributed by atoms with Gasteiger partial charge < -0.3 is 19.5 Å². The molecule has 1 aliphatic carbocycles. The highest BCUT2D eigenvalue weighted by molar-refractivity contribution is 5.88. The molecule has 1 saturated carbocycles. The molecule has 2 fully saturated rings. The largest absolute Gasteiger partial charge is 0.490 e. The van der Waals surface area contributed by atoms with Crippen LogP contribution in [0, 0.1) is 0 Å². The fraction of sp³-hybridized carbons (Fsp3) is 0.526. The molecule has 2 aliphatic rings. The number of carbonyl (C=O) groups is 1. The van der Waals surface area contributed by atoms with Crippen molar-refractivity contribution in [1.29, 1.82) is 0 Å². The first kappa shape index (κ1) is 18.4. The van der Waals surface area contributed by atoms with E-state index in [0.29, 0.717) is 6.10 Å². The number of carboxylic acid groups (broad SMARTS) is 1. The van der Waals surface area contributed by atoms with E-state index in [1.807, 2.05) is 6.20 Å². The lowest BCUT2D eigenvalue weighted by molar-refractivity contribution is -0.122. The van der Waals surface area contributed by atoms with Crippen molar-refractivity contribution in [2.75, 3.05) is 31.2 Å². The van der Waals surface area contributed by atoms with Crippen molar-refractivity contribution in [2.45, 2.75) is 38.2 Å². The number of anilines is 1. The SMILES string of the molecule is O=CO.c1ncc2c(OC3CCCCC3)cc(N3CCOCC3)cc2n1. The molecule has 0 bridgehead atoms. The highest BCUT2D eigenvalue weighted by atomic mass is 16.5. The zero-order valence-corrected chi connectivity index (χ0v) is 14.8. The van der Waals surface area contributed by atoms with Gasteiger partial charge in [0.25, 0.3) is 6.47 Å². The van der Waals surface area contributed by atoms with Crippen LogP contribution < -0.4 is 9.64 Å². The second-order valence-corrected chi connectivity index (χ2v) is 6.48. The Hall–Kier alpha value is -2.41. The molecule has 0 atom stereocenters. The quantitative estimate of drug-likeness (QED) is 0.844. The van der Waals surface area contributed by atoms with Crippen molar-refractivity contribution in [3.05, 3.63) is 24.7 Å². The van der Waals surface area contributed by atoms with Gasteiger partial charge in [-0.25, -0.2) is 9.97 Å². The van der Waals surface area contributed by atoms with E-state index in [4.69, 9.17) is 19.4 Å². The van der Waals surface area contributed by atoms with Crippen LogP contribution in [0.2, 0.25) is 0 Å². The lowest BCUT2D eigenvalue weighted by Crippen LogP contribution is -2.36. The third kappa shape index (κ3) is 4.60. The molecule has 0 unspecified atom stereocenters. The van der Waals surface area contributed by atoms with Gasteiger partial charge in [-0.2, -0.15) is 0 Å². The number of fused-ring (bicyclic) bond motifs is 1. The molecule has 7 heteroatoms.